The van der Waals surface area contributed by atoms with Gasteiger partial charge < -0.3 is 10.1 Å². The van der Waals surface area contributed by atoms with Gasteiger partial charge in [-0.1, -0.05) is 11.3 Å². The van der Waals surface area contributed by atoms with Gasteiger partial charge in [0, 0.05) is 24.9 Å². The maximum absolute atomic E-state index is 12.7. The maximum atomic E-state index is 12.7. The standard InChI is InChI=1S/C20H21N3O6S3/c1-31(25,26)16-6-7-17-19(12-16)30-20(22-17)21-13-18(24)14-2-4-15(5-3-14)32(27,28)23-8-10-29-11-9-23/h2-7,12H,8-11,13H2,1H3,(H,21,22). The molecule has 9 nitrogen and oxygen atoms in total. The van der Waals surface area contributed by atoms with Crippen molar-refractivity contribution < 1.29 is 26.4 Å². The number of sulfonamides is 1. The lowest BCUT2D eigenvalue weighted by molar-refractivity contribution is 0.0730. The molecule has 0 radical (unpaired) electrons. The van der Waals surface area contributed by atoms with Gasteiger partial charge in [0.25, 0.3) is 0 Å². The number of hydrogen-bond donors (Lipinski definition) is 1. The first-order chi connectivity index (χ1) is 15.1. The highest BCUT2D eigenvalue weighted by molar-refractivity contribution is 7.90. The van der Waals surface area contributed by atoms with E-state index in [2.05, 4.69) is 10.3 Å². The fourth-order valence-electron chi connectivity index (χ4n) is 3.22. The van der Waals surface area contributed by atoms with Crippen LogP contribution in [0.25, 0.3) is 10.2 Å². The molecule has 1 fully saturated rings. The minimum Gasteiger partial charge on any atom is -0.379 e. The summed E-state index contributed by atoms with van der Waals surface area (Å²) in [4.78, 5) is 17.3. The number of carbonyl (C=O) groups excluding carboxylic acids is 1. The third-order valence-electron chi connectivity index (χ3n) is 4.97. The molecule has 32 heavy (non-hydrogen) atoms. The fraction of sp³-hybridized carbons (Fsp3) is 0.300. The average molecular weight is 496 g/mol. The summed E-state index contributed by atoms with van der Waals surface area (Å²) in [5.41, 5.74) is 1.01. The fourth-order valence-corrected chi connectivity index (χ4v) is 6.25. The highest BCUT2D eigenvalue weighted by Crippen LogP contribution is 2.28. The van der Waals surface area contributed by atoms with Gasteiger partial charge in [-0.2, -0.15) is 4.31 Å². The van der Waals surface area contributed by atoms with Crippen LogP contribution in [0.5, 0.6) is 0 Å². The van der Waals surface area contributed by atoms with E-state index in [1.54, 1.807) is 12.1 Å². The molecular formula is C20H21N3O6S3. The second kappa shape index (κ2) is 8.87. The third-order valence-corrected chi connectivity index (χ3v) is 8.97. The summed E-state index contributed by atoms with van der Waals surface area (Å²) in [6.07, 6.45) is 1.14. The SMILES string of the molecule is CS(=O)(=O)c1ccc2nc(NCC(=O)c3ccc(S(=O)(=O)N4CCOCC4)cc3)sc2c1. The minimum absolute atomic E-state index is 0.0334. The molecule has 1 aliphatic rings. The van der Waals surface area contributed by atoms with E-state index < -0.39 is 19.9 Å². The van der Waals surface area contributed by atoms with Gasteiger partial charge in [-0.05, 0) is 42.5 Å². The lowest BCUT2D eigenvalue weighted by Gasteiger charge is -2.26. The molecule has 4 rings (SSSR count). The van der Waals surface area contributed by atoms with Crippen LogP contribution in [0.15, 0.2) is 52.3 Å². The van der Waals surface area contributed by atoms with Crippen LogP contribution >= 0.6 is 11.3 Å². The Bertz CT molecular complexity index is 1360. The molecule has 1 aliphatic heterocycles. The van der Waals surface area contributed by atoms with Gasteiger partial charge in [0.2, 0.25) is 10.0 Å². The molecular weight excluding hydrogens is 474 g/mol. The molecule has 0 unspecified atom stereocenters. The zero-order valence-electron chi connectivity index (χ0n) is 17.1. The van der Waals surface area contributed by atoms with Crippen molar-refractivity contribution in [2.45, 2.75) is 9.79 Å². The molecule has 0 amide bonds. The quantitative estimate of drug-likeness (QED) is 0.494. The van der Waals surface area contributed by atoms with Crippen molar-refractivity contribution in [1.82, 2.24) is 9.29 Å². The number of benzene rings is 2. The number of ketones is 1. The number of aromatic nitrogens is 1. The monoisotopic (exact) mass is 495 g/mol. The molecule has 12 heteroatoms. The normalized spacial score (nSPS) is 15.7. The van der Waals surface area contributed by atoms with Crippen molar-refractivity contribution in [1.29, 1.82) is 0 Å². The lowest BCUT2D eigenvalue weighted by atomic mass is 10.1. The molecule has 1 N–H and O–H groups in total. The van der Waals surface area contributed by atoms with E-state index in [9.17, 15) is 21.6 Å². The molecule has 3 aromatic rings. The molecule has 2 heterocycles. The number of anilines is 1. The molecule has 2 aromatic carbocycles. The Morgan fingerprint density at radius 3 is 2.38 bits per heavy atom. The largest absolute Gasteiger partial charge is 0.379 e. The van der Waals surface area contributed by atoms with Crippen LogP contribution in [0.2, 0.25) is 0 Å². The number of nitrogens with one attached hydrogen (secondary N) is 1. The zero-order valence-corrected chi connectivity index (χ0v) is 19.6. The first-order valence-corrected chi connectivity index (χ1v) is 13.8. The number of thiazole rings is 1. The molecule has 170 valence electrons. The first-order valence-electron chi connectivity index (χ1n) is 9.70. The van der Waals surface area contributed by atoms with Gasteiger partial charge in [0.05, 0.1) is 39.8 Å². The van der Waals surface area contributed by atoms with Gasteiger partial charge >= 0.3 is 0 Å². The number of Topliss-reactive ketones (excluding diaryl/α,β-unsaturated/α-hetero) is 1. The smallest absolute Gasteiger partial charge is 0.243 e. The Hall–Kier alpha value is -2.38. The lowest BCUT2D eigenvalue weighted by Crippen LogP contribution is -2.40. The van der Waals surface area contributed by atoms with E-state index in [4.69, 9.17) is 4.74 Å². The number of rotatable bonds is 7. The number of ether oxygens (including phenoxy) is 1. The molecule has 0 spiro atoms. The summed E-state index contributed by atoms with van der Waals surface area (Å²) in [5, 5.41) is 3.45. The number of carbonyl (C=O) groups is 1. The second-order valence-corrected chi connectivity index (χ2v) is 12.2. The van der Waals surface area contributed by atoms with E-state index >= 15 is 0 Å². The van der Waals surface area contributed by atoms with Crippen molar-refractivity contribution in [3.8, 4) is 0 Å². The van der Waals surface area contributed by atoms with E-state index in [0.717, 1.165) is 6.26 Å². The van der Waals surface area contributed by atoms with Crippen LogP contribution in [0.3, 0.4) is 0 Å². The van der Waals surface area contributed by atoms with Gasteiger partial charge in [-0.15, -0.1) is 0 Å². The highest BCUT2D eigenvalue weighted by Gasteiger charge is 2.26. The summed E-state index contributed by atoms with van der Waals surface area (Å²) >= 11 is 1.25. The van der Waals surface area contributed by atoms with Crippen LogP contribution in [-0.4, -0.2) is 71.0 Å². The summed E-state index contributed by atoms with van der Waals surface area (Å²) in [5.74, 6) is -0.226. The van der Waals surface area contributed by atoms with E-state index in [1.165, 1.54) is 46.0 Å². The Morgan fingerprint density at radius 2 is 1.72 bits per heavy atom. The van der Waals surface area contributed by atoms with E-state index in [1.807, 2.05) is 0 Å². The summed E-state index contributed by atoms with van der Waals surface area (Å²) in [6.45, 7) is 1.31. The van der Waals surface area contributed by atoms with Gasteiger partial charge in [0.1, 0.15) is 0 Å². The van der Waals surface area contributed by atoms with Gasteiger partial charge in [-0.3, -0.25) is 4.79 Å². The minimum atomic E-state index is -3.61. The Balaban J connectivity index is 1.43. The number of hydrogen-bond acceptors (Lipinski definition) is 9. The van der Waals surface area contributed by atoms with Crippen molar-refractivity contribution in [3.05, 3.63) is 48.0 Å². The topological polar surface area (TPSA) is 123 Å². The predicted octanol–water partition coefficient (Wildman–Crippen LogP) is 2.02. The van der Waals surface area contributed by atoms with E-state index in [0.29, 0.717) is 47.2 Å². The van der Waals surface area contributed by atoms with Crippen LogP contribution < -0.4 is 5.32 Å². The average Bonchev–Trinajstić information content (AvgIpc) is 3.20. The Labute approximate surface area is 190 Å². The molecule has 0 atom stereocenters. The zero-order chi connectivity index (χ0) is 22.9. The van der Waals surface area contributed by atoms with Gasteiger partial charge in [-0.25, -0.2) is 21.8 Å². The number of nitrogens with zero attached hydrogens (tertiary/aromatic N) is 2. The Kier molecular flexibility index (Phi) is 6.32. The number of sulfone groups is 1. The molecule has 0 bridgehead atoms. The van der Waals surface area contributed by atoms with Crippen molar-refractivity contribution in [2.75, 3.05) is 44.4 Å². The third kappa shape index (κ3) is 4.84. The highest BCUT2D eigenvalue weighted by atomic mass is 32.2. The van der Waals surface area contributed by atoms with Crippen LogP contribution in [0.1, 0.15) is 10.4 Å². The van der Waals surface area contributed by atoms with Crippen LogP contribution in [0, 0.1) is 0 Å². The number of fused-ring (bicyclic) bond motifs is 1. The van der Waals surface area contributed by atoms with Gasteiger partial charge in [0.15, 0.2) is 20.8 Å². The van der Waals surface area contributed by atoms with E-state index in [-0.39, 0.29) is 22.1 Å². The van der Waals surface area contributed by atoms with Crippen molar-refractivity contribution in [3.63, 3.8) is 0 Å². The summed E-state index contributed by atoms with van der Waals surface area (Å²) in [6, 6.07) is 10.5. The van der Waals surface area contributed by atoms with Crippen molar-refractivity contribution >= 4 is 52.3 Å². The summed E-state index contributed by atoms with van der Waals surface area (Å²) in [7, 11) is -6.93. The molecule has 0 aliphatic carbocycles. The molecule has 1 saturated heterocycles. The molecule has 1 aromatic heterocycles. The summed E-state index contributed by atoms with van der Waals surface area (Å²) < 4.78 is 56.0. The van der Waals surface area contributed by atoms with Crippen LogP contribution in [-0.2, 0) is 24.6 Å². The second-order valence-electron chi connectivity index (χ2n) is 7.24. The van der Waals surface area contributed by atoms with Crippen molar-refractivity contribution in [2.24, 2.45) is 0 Å². The number of morpholine rings is 1. The van der Waals surface area contributed by atoms with Crippen LogP contribution in [0.4, 0.5) is 5.13 Å². The predicted molar refractivity (Wildman–Crippen MR) is 122 cm³/mol. The molecule has 0 saturated carbocycles. The maximum Gasteiger partial charge on any atom is 0.243 e. The first kappa shape index (κ1) is 22.8. The Morgan fingerprint density at radius 1 is 1.06 bits per heavy atom.